The van der Waals surface area contributed by atoms with E-state index in [-0.39, 0.29) is 11.8 Å². The van der Waals surface area contributed by atoms with E-state index in [0.717, 1.165) is 17.0 Å². The number of fused-ring (bicyclic) bond motifs is 1. The summed E-state index contributed by atoms with van der Waals surface area (Å²) in [5, 5.41) is 5.44. The predicted molar refractivity (Wildman–Crippen MR) is 117 cm³/mol. The van der Waals surface area contributed by atoms with Gasteiger partial charge in [0.05, 0.1) is 27.9 Å². The first-order chi connectivity index (χ1) is 14.6. The summed E-state index contributed by atoms with van der Waals surface area (Å²) in [4.78, 5) is 21.9. The van der Waals surface area contributed by atoms with Crippen molar-refractivity contribution in [1.29, 1.82) is 0 Å². The van der Waals surface area contributed by atoms with Gasteiger partial charge in [0.15, 0.2) is 5.82 Å². The minimum Gasteiger partial charge on any atom is -0.367 e. The maximum atomic E-state index is 14.8. The Hall–Kier alpha value is -2.47. The van der Waals surface area contributed by atoms with E-state index < -0.39 is 44.9 Å². The highest BCUT2D eigenvalue weighted by Crippen LogP contribution is 2.42. The smallest absolute Gasteiger partial charge is 0.234 e. The molecule has 0 saturated heterocycles. The Morgan fingerprint density at radius 2 is 2.03 bits per heavy atom. The third-order valence-electron chi connectivity index (χ3n) is 4.38. The normalized spacial score (nSPS) is 15.6. The molecule has 1 aliphatic heterocycles. The fourth-order valence-corrected chi connectivity index (χ4v) is 5.41. The number of anilines is 3. The molecule has 1 aromatic carbocycles. The first-order valence-corrected chi connectivity index (χ1v) is 12.3. The largest absolute Gasteiger partial charge is 0.367 e. The van der Waals surface area contributed by atoms with Gasteiger partial charge in [0.2, 0.25) is 15.9 Å². The van der Waals surface area contributed by atoms with Gasteiger partial charge in [-0.25, -0.2) is 27.2 Å². The maximum Gasteiger partial charge on any atom is 0.234 e. The summed E-state index contributed by atoms with van der Waals surface area (Å²) in [6.45, 7) is 5.56. The molecule has 0 spiro atoms. The Labute approximate surface area is 183 Å². The van der Waals surface area contributed by atoms with Crippen molar-refractivity contribution in [3.63, 3.8) is 0 Å². The van der Waals surface area contributed by atoms with Gasteiger partial charge < -0.3 is 10.6 Å². The molecule has 1 aliphatic rings. The molecule has 0 aliphatic carbocycles. The molecule has 3 N–H and O–H groups in total. The lowest BCUT2D eigenvalue weighted by molar-refractivity contribution is -0.117. The molecule has 8 nitrogen and oxygen atoms in total. The van der Waals surface area contributed by atoms with Crippen LogP contribution in [0.15, 0.2) is 23.4 Å². The molecule has 0 fully saturated rings. The van der Waals surface area contributed by atoms with Crippen LogP contribution in [-0.2, 0) is 14.8 Å². The topological polar surface area (TPSA) is 113 Å². The summed E-state index contributed by atoms with van der Waals surface area (Å²) in [5.41, 5.74) is -0.673. The van der Waals surface area contributed by atoms with E-state index in [2.05, 4.69) is 25.3 Å². The standard InChI is InChI=1S/C19H23F2N5O3S2/c1-4-7-31(28,29)26-13-6-5-12(20)16(14(13)21)25-19(27)11-8-30-17-15(11)22-9-23-18(17)24-10(2)3/h5-6,9-11,26H,4,7-8H2,1-3H3,(H,25,27)(H,22,23,24). The van der Waals surface area contributed by atoms with Crippen LogP contribution in [0.4, 0.5) is 26.0 Å². The van der Waals surface area contributed by atoms with Crippen LogP contribution in [0.25, 0.3) is 0 Å². The lowest BCUT2D eigenvalue weighted by Crippen LogP contribution is -2.24. The van der Waals surface area contributed by atoms with Gasteiger partial charge in [-0.1, -0.05) is 6.92 Å². The zero-order valence-corrected chi connectivity index (χ0v) is 18.8. The zero-order chi connectivity index (χ0) is 22.8. The minimum atomic E-state index is -3.79. The van der Waals surface area contributed by atoms with Crippen molar-refractivity contribution in [3.8, 4) is 0 Å². The summed E-state index contributed by atoms with van der Waals surface area (Å²) in [5.74, 6) is -2.87. The van der Waals surface area contributed by atoms with Crippen molar-refractivity contribution in [3.05, 3.63) is 35.8 Å². The van der Waals surface area contributed by atoms with Gasteiger partial charge in [-0.05, 0) is 32.4 Å². The SMILES string of the molecule is CCCS(=O)(=O)Nc1ccc(F)c(NC(=O)C2CSc3c(NC(C)C)ncnc32)c1F. The fraction of sp³-hybridized carbons (Fsp3) is 0.421. The monoisotopic (exact) mass is 471 g/mol. The number of amides is 1. The van der Waals surface area contributed by atoms with Crippen LogP contribution in [0, 0.1) is 11.6 Å². The highest BCUT2D eigenvalue weighted by atomic mass is 32.2. The van der Waals surface area contributed by atoms with E-state index in [0.29, 0.717) is 23.7 Å². The third-order valence-corrected chi connectivity index (χ3v) is 7.04. The average molecular weight is 472 g/mol. The molecule has 2 heterocycles. The van der Waals surface area contributed by atoms with E-state index in [1.807, 2.05) is 13.8 Å². The van der Waals surface area contributed by atoms with Gasteiger partial charge in [0, 0.05) is 11.8 Å². The number of benzene rings is 1. The summed E-state index contributed by atoms with van der Waals surface area (Å²) in [6, 6.07) is 1.99. The molecule has 168 valence electrons. The third kappa shape index (κ3) is 5.24. The van der Waals surface area contributed by atoms with Gasteiger partial charge >= 0.3 is 0 Å². The van der Waals surface area contributed by atoms with Crippen LogP contribution in [-0.4, -0.2) is 41.8 Å². The van der Waals surface area contributed by atoms with Crippen LogP contribution >= 0.6 is 11.8 Å². The van der Waals surface area contributed by atoms with Crippen molar-refractivity contribution >= 4 is 44.9 Å². The lowest BCUT2D eigenvalue weighted by Gasteiger charge is -2.15. The van der Waals surface area contributed by atoms with E-state index in [1.165, 1.54) is 18.1 Å². The van der Waals surface area contributed by atoms with E-state index in [4.69, 9.17) is 0 Å². The number of nitrogens with zero attached hydrogens (tertiary/aromatic N) is 2. The summed E-state index contributed by atoms with van der Waals surface area (Å²) in [7, 11) is -3.79. The number of sulfonamides is 1. The van der Waals surface area contributed by atoms with Gasteiger partial charge in [0.1, 0.15) is 23.6 Å². The molecule has 1 unspecified atom stereocenters. The number of aromatic nitrogens is 2. The first-order valence-electron chi connectivity index (χ1n) is 9.66. The van der Waals surface area contributed by atoms with Crippen LogP contribution < -0.4 is 15.4 Å². The van der Waals surface area contributed by atoms with Crippen molar-refractivity contribution in [2.24, 2.45) is 0 Å². The first kappa shape index (κ1) is 23.2. The molecule has 0 bridgehead atoms. The second kappa shape index (κ2) is 9.35. The highest BCUT2D eigenvalue weighted by molar-refractivity contribution is 7.99. The molecule has 1 aromatic heterocycles. The van der Waals surface area contributed by atoms with Gasteiger partial charge in [-0.2, -0.15) is 0 Å². The van der Waals surface area contributed by atoms with Gasteiger partial charge in [-0.3, -0.25) is 9.52 Å². The van der Waals surface area contributed by atoms with Gasteiger partial charge in [0.25, 0.3) is 0 Å². The molecular formula is C19H23F2N5O3S2. The second-order valence-corrected chi connectivity index (χ2v) is 10.2. The Bertz CT molecular complexity index is 1100. The molecule has 31 heavy (non-hydrogen) atoms. The van der Waals surface area contributed by atoms with Crippen molar-refractivity contribution < 1.29 is 22.0 Å². The molecule has 12 heteroatoms. The Balaban J connectivity index is 1.85. The van der Waals surface area contributed by atoms with Gasteiger partial charge in [-0.15, -0.1) is 11.8 Å². The van der Waals surface area contributed by atoms with Crippen LogP contribution in [0.1, 0.15) is 38.8 Å². The number of nitrogens with one attached hydrogen (secondary N) is 3. The minimum absolute atomic E-state index is 0.120. The zero-order valence-electron chi connectivity index (χ0n) is 17.2. The molecule has 1 atom stereocenters. The fourth-order valence-electron chi connectivity index (χ4n) is 3.04. The van der Waals surface area contributed by atoms with E-state index in [1.54, 1.807) is 6.92 Å². The Morgan fingerprint density at radius 3 is 2.71 bits per heavy atom. The molecule has 0 saturated carbocycles. The van der Waals surface area contributed by atoms with E-state index >= 15 is 0 Å². The second-order valence-electron chi connectivity index (χ2n) is 7.29. The average Bonchev–Trinajstić information content (AvgIpc) is 3.12. The quantitative estimate of drug-likeness (QED) is 0.540. The van der Waals surface area contributed by atoms with Crippen LogP contribution in [0.5, 0.6) is 0 Å². The van der Waals surface area contributed by atoms with Crippen molar-refractivity contribution in [1.82, 2.24) is 9.97 Å². The summed E-state index contributed by atoms with van der Waals surface area (Å²) < 4.78 is 55.1. The number of hydrogen-bond acceptors (Lipinski definition) is 7. The van der Waals surface area contributed by atoms with Crippen LogP contribution in [0.2, 0.25) is 0 Å². The number of hydrogen-bond donors (Lipinski definition) is 3. The molecule has 0 radical (unpaired) electrons. The summed E-state index contributed by atoms with van der Waals surface area (Å²) >= 11 is 1.38. The van der Waals surface area contributed by atoms with Crippen molar-refractivity contribution in [2.75, 3.05) is 26.9 Å². The number of carbonyl (C=O) groups excluding carboxylic acids is 1. The maximum absolute atomic E-state index is 14.8. The molecule has 3 rings (SSSR count). The Morgan fingerprint density at radius 1 is 1.29 bits per heavy atom. The summed E-state index contributed by atoms with van der Waals surface area (Å²) in [6.07, 6.45) is 1.66. The predicted octanol–water partition coefficient (Wildman–Crippen LogP) is 3.55. The lowest BCUT2D eigenvalue weighted by atomic mass is 10.1. The molecule has 2 aromatic rings. The Kier molecular flexibility index (Phi) is 6.99. The number of thioether (sulfide) groups is 1. The number of carbonyl (C=O) groups is 1. The molecule has 1 amide bonds. The van der Waals surface area contributed by atoms with Crippen molar-refractivity contribution in [2.45, 2.75) is 44.0 Å². The number of rotatable bonds is 8. The van der Waals surface area contributed by atoms with E-state index in [9.17, 15) is 22.0 Å². The number of halogens is 2. The highest BCUT2D eigenvalue weighted by Gasteiger charge is 2.34. The van der Waals surface area contributed by atoms with Crippen LogP contribution in [0.3, 0.4) is 0 Å². The molecular weight excluding hydrogens is 448 g/mol.